The van der Waals surface area contributed by atoms with Crippen LogP contribution in [0.5, 0.6) is 5.75 Å². The Balaban J connectivity index is 2.28. The minimum atomic E-state index is -3.75. The summed E-state index contributed by atoms with van der Waals surface area (Å²) in [6, 6.07) is 16.6. The number of halogens is 1. The van der Waals surface area contributed by atoms with Gasteiger partial charge in [0.1, 0.15) is 5.82 Å². The molecule has 0 bridgehead atoms. The monoisotopic (exact) mass is 481 g/mol. The van der Waals surface area contributed by atoms with Gasteiger partial charge in [0.2, 0.25) is 13.2 Å². The number of hydrogen-bond donors (Lipinski definition) is 2. The molecule has 34 heavy (non-hydrogen) atoms. The van der Waals surface area contributed by atoms with E-state index in [1.54, 1.807) is 6.07 Å². The number of aliphatic hydroxyl groups excluding tert-OH is 1. The number of ether oxygens (including phenoxy) is 1. The second-order valence-electron chi connectivity index (χ2n) is 8.12. The zero-order chi connectivity index (χ0) is 25.0. The van der Waals surface area contributed by atoms with Crippen LogP contribution in [0.1, 0.15) is 32.4 Å². The zero-order valence-corrected chi connectivity index (χ0v) is 19.9. The van der Waals surface area contributed by atoms with Gasteiger partial charge >= 0.3 is 5.97 Å². The molecule has 0 amide bonds. The maximum atomic E-state index is 13.6. The van der Waals surface area contributed by atoms with Gasteiger partial charge in [0.05, 0.1) is 17.5 Å². The average molecular weight is 481 g/mol. The standard InChI is InChI=1S/C26H25FNO5P/c1-5-26(17(4)29,34(31)32)25(30)33-24-21(18-11-13-20(27)14-12-18)15-22(28-23(24)16(2)3)19-9-7-6-8-10-19/h1,6-17,29,34H,2-4H3,(H,31,32). The van der Waals surface area contributed by atoms with Crippen LogP contribution in [-0.4, -0.2) is 32.2 Å². The molecule has 3 aromatic rings. The van der Waals surface area contributed by atoms with Gasteiger partial charge in [-0.3, -0.25) is 4.57 Å². The predicted octanol–water partition coefficient (Wildman–Crippen LogP) is 4.80. The molecule has 2 N–H and O–H groups in total. The Hall–Kier alpha value is -3.30. The van der Waals surface area contributed by atoms with Gasteiger partial charge in [-0.1, -0.05) is 62.2 Å². The fourth-order valence-electron chi connectivity index (χ4n) is 3.50. The first-order chi connectivity index (χ1) is 16.1. The Kier molecular flexibility index (Phi) is 7.68. The molecule has 3 rings (SSSR count). The molecule has 8 heteroatoms. The molecule has 176 valence electrons. The summed E-state index contributed by atoms with van der Waals surface area (Å²) >= 11 is 0. The van der Waals surface area contributed by atoms with Crippen molar-refractivity contribution >= 4 is 14.0 Å². The van der Waals surface area contributed by atoms with Crippen LogP contribution in [0.25, 0.3) is 22.4 Å². The van der Waals surface area contributed by atoms with Crippen molar-refractivity contribution in [2.75, 3.05) is 0 Å². The van der Waals surface area contributed by atoms with E-state index in [2.05, 4.69) is 0 Å². The molecule has 1 heterocycles. The third kappa shape index (κ3) is 4.80. The topological polar surface area (TPSA) is 96.7 Å². The molecule has 3 unspecified atom stereocenters. The second kappa shape index (κ2) is 10.3. The van der Waals surface area contributed by atoms with Crippen LogP contribution in [0.3, 0.4) is 0 Å². The Morgan fingerprint density at radius 2 is 1.74 bits per heavy atom. The van der Waals surface area contributed by atoms with Crippen LogP contribution in [0.4, 0.5) is 4.39 Å². The highest BCUT2D eigenvalue weighted by atomic mass is 31.1. The molecule has 3 atom stereocenters. The van der Waals surface area contributed by atoms with Crippen molar-refractivity contribution in [2.24, 2.45) is 0 Å². The molecule has 0 aliphatic heterocycles. The molecule has 1 aromatic heterocycles. The van der Waals surface area contributed by atoms with E-state index in [1.807, 2.05) is 50.1 Å². The lowest BCUT2D eigenvalue weighted by Crippen LogP contribution is -2.46. The highest BCUT2D eigenvalue weighted by molar-refractivity contribution is 7.42. The highest BCUT2D eigenvalue weighted by Gasteiger charge is 2.49. The molecule has 2 aromatic carbocycles. The van der Waals surface area contributed by atoms with E-state index in [0.717, 1.165) is 12.5 Å². The molecular weight excluding hydrogens is 456 g/mol. The Morgan fingerprint density at radius 3 is 2.24 bits per heavy atom. The molecule has 6 nitrogen and oxygen atoms in total. The van der Waals surface area contributed by atoms with Gasteiger partial charge in [0, 0.05) is 11.1 Å². The summed E-state index contributed by atoms with van der Waals surface area (Å²) in [6.07, 6.45) is 3.78. The first-order valence-electron chi connectivity index (χ1n) is 10.6. The fraction of sp³-hybridized carbons (Fsp3) is 0.231. The number of hydrogen-bond acceptors (Lipinski definition) is 5. The zero-order valence-electron chi connectivity index (χ0n) is 18.9. The number of pyridine rings is 1. The lowest BCUT2D eigenvalue weighted by Gasteiger charge is -2.27. The van der Waals surface area contributed by atoms with Gasteiger partial charge in [0.25, 0.3) is 0 Å². The van der Waals surface area contributed by atoms with Gasteiger partial charge in [-0.25, -0.2) is 14.2 Å². The SMILES string of the molecule is C#CC(C(=O)Oc1c(-c2ccc(F)cc2)cc(-c2ccccc2)nc1C(C)C)(C(C)O)[PH](=O)O. The Labute approximate surface area is 198 Å². The maximum absolute atomic E-state index is 13.6. The number of aliphatic hydroxyl groups is 1. The molecular formula is C26H25FNO5P. The van der Waals surface area contributed by atoms with E-state index in [4.69, 9.17) is 16.1 Å². The quantitative estimate of drug-likeness (QED) is 0.286. The third-order valence-electron chi connectivity index (χ3n) is 5.48. The van der Waals surface area contributed by atoms with E-state index in [1.165, 1.54) is 24.3 Å². The number of rotatable bonds is 7. The van der Waals surface area contributed by atoms with E-state index >= 15 is 0 Å². The van der Waals surface area contributed by atoms with Crippen LogP contribution in [0, 0.1) is 18.2 Å². The molecule has 0 spiro atoms. The number of nitrogens with zero attached hydrogens (tertiary/aromatic N) is 1. The summed E-state index contributed by atoms with van der Waals surface area (Å²) in [5.41, 5.74) is 2.75. The first-order valence-corrected chi connectivity index (χ1v) is 11.9. The van der Waals surface area contributed by atoms with Crippen molar-refractivity contribution in [3.05, 3.63) is 72.2 Å². The number of carbonyl (C=O) groups is 1. The summed E-state index contributed by atoms with van der Waals surface area (Å²) in [5, 5.41) is 7.70. The molecule has 0 saturated carbocycles. The maximum Gasteiger partial charge on any atom is 0.342 e. The van der Waals surface area contributed by atoms with Crippen LogP contribution in [0.2, 0.25) is 0 Å². The molecule has 0 saturated heterocycles. The predicted molar refractivity (Wildman–Crippen MR) is 129 cm³/mol. The van der Waals surface area contributed by atoms with Crippen molar-refractivity contribution in [2.45, 2.75) is 37.9 Å². The van der Waals surface area contributed by atoms with E-state index in [-0.39, 0.29) is 11.7 Å². The van der Waals surface area contributed by atoms with Crippen molar-refractivity contribution < 1.29 is 28.5 Å². The molecule has 0 radical (unpaired) electrons. The van der Waals surface area contributed by atoms with Gasteiger partial charge in [-0.15, -0.1) is 6.42 Å². The lowest BCUT2D eigenvalue weighted by atomic mass is 9.97. The van der Waals surface area contributed by atoms with E-state index in [0.29, 0.717) is 22.5 Å². The van der Waals surface area contributed by atoms with E-state index < -0.39 is 31.1 Å². The third-order valence-corrected chi connectivity index (χ3v) is 6.92. The van der Waals surface area contributed by atoms with Crippen molar-refractivity contribution in [1.82, 2.24) is 4.98 Å². The molecule has 0 aliphatic rings. The molecule has 0 aliphatic carbocycles. The fourth-order valence-corrected chi connectivity index (χ4v) is 4.21. The van der Waals surface area contributed by atoms with Crippen LogP contribution in [-0.2, 0) is 9.36 Å². The number of benzene rings is 2. The normalized spacial score (nSPS) is 14.6. The van der Waals surface area contributed by atoms with Crippen LogP contribution in [0.15, 0.2) is 60.7 Å². The Morgan fingerprint density at radius 1 is 1.12 bits per heavy atom. The minimum absolute atomic E-state index is 0.0230. The highest BCUT2D eigenvalue weighted by Crippen LogP contribution is 2.43. The largest absolute Gasteiger partial charge is 0.422 e. The summed E-state index contributed by atoms with van der Waals surface area (Å²) in [7, 11) is -3.75. The number of carbonyl (C=O) groups excluding carboxylic acids is 1. The first kappa shape index (κ1) is 25.3. The summed E-state index contributed by atoms with van der Waals surface area (Å²) < 4.78 is 31.4. The van der Waals surface area contributed by atoms with E-state index in [9.17, 15) is 23.7 Å². The lowest BCUT2D eigenvalue weighted by molar-refractivity contribution is -0.138. The van der Waals surface area contributed by atoms with Crippen LogP contribution >= 0.6 is 8.03 Å². The molecule has 0 fully saturated rings. The smallest absolute Gasteiger partial charge is 0.342 e. The van der Waals surface area contributed by atoms with Gasteiger partial charge in [-0.2, -0.15) is 0 Å². The van der Waals surface area contributed by atoms with Crippen LogP contribution < -0.4 is 4.74 Å². The van der Waals surface area contributed by atoms with Gasteiger partial charge in [0.15, 0.2) is 5.75 Å². The summed E-state index contributed by atoms with van der Waals surface area (Å²) in [6.45, 7) is 4.85. The average Bonchev–Trinajstić information content (AvgIpc) is 2.80. The summed E-state index contributed by atoms with van der Waals surface area (Å²) in [5.74, 6) is 0.0840. The number of aromatic nitrogens is 1. The number of terminal acetylenes is 1. The summed E-state index contributed by atoms with van der Waals surface area (Å²) in [4.78, 5) is 27.7. The second-order valence-corrected chi connectivity index (χ2v) is 9.52. The van der Waals surface area contributed by atoms with Crippen molar-refractivity contribution in [1.29, 1.82) is 0 Å². The Bertz CT molecular complexity index is 1250. The van der Waals surface area contributed by atoms with Crippen molar-refractivity contribution in [3.8, 4) is 40.5 Å². The van der Waals surface area contributed by atoms with Gasteiger partial charge in [-0.05, 0) is 36.6 Å². The van der Waals surface area contributed by atoms with Crippen molar-refractivity contribution in [3.63, 3.8) is 0 Å². The minimum Gasteiger partial charge on any atom is -0.422 e. The number of esters is 1. The van der Waals surface area contributed by atoms with Gasteiger partial charge < -0.3 is 14.7 Å².